The van der Waals surface area contributed by atoms with Gasteiger partial charge < -0.3 is 14.7 Å². The Labute approximate surface area is 211 Å². The second-order valence-electron chi connectivity index (χ2n) is 10.5. The molecule has 1 N–H and O–H groups in total. The molecule has 0 radical (unpaired) electrons. The number of hydrogen-bond donors (Lipinski definition) is 1. The SMILES string of the molecule is Cc1nc2c(c(-c3ccc(Cl)cc3)c1CC(=O)O)[C@H](C)[C@](C)(OC(C)(C)C)N2Cc1cnn(C)c1. The molecule has 0 spiro atoms. The number of pyridine rings is 1. The van der Waals surface area contributed by atoms with Gasteiger partial charge in [0.05, 0.1) is 24.8 Å². The first-order chi connectivity index (χ1) is 16.3. The Morgan fingerprint density at radius 1 is 1.26 bits per heavy atom. The van der Waals surface area contributed by atoms with Crippen LogP contribution in [0.1, 0.15) is 62.9 Å². The van der Waals surface area contributed by atoms with E-state index in [1.54, 1.807) is 4.68 Å². The van der Waals surface area contributed by atoms with E-state index >= 15 is 0 Å². The van der Waals surface area contributed by atoms with Gasteiger partial charge in [-0.05, 0) is 63.4 Å². The van der Waals surface area contributed by atoms with E-state index in [2.05, 4.69) is 23.8 Å². The molecule has 1 aliphatic heterocycles. The van der Waals surface area contributed by atoms with Crippen molar-refractivity contribution in [3.63, 3.8) is 0 Å². The number of carboxylic acid groups (broad SMARTS) is 1. The molecule has 2 aromatic heterocycles. The molecule has 2 atom stereocenters. The molecular formula is C27H33ClN4O3. The van der Waals surface area contributed by atoms with E-state index in [0.29, 0.717) is 22.8 Å². The van der Waals surface area contributed by atoms with Crippen LogP contribution in [0, 0.1) is 6.92 Å². The number of aromatic nitrogens is 3. The summed E-state index contributed by atoms with van der Waals surface area (Å²) in [6.45, 7) is 12.8. The number of halogens is 1. The number of hydrogen-bond acceptors (Lipinski definition) is 5. The second-order valence-corrected chi connectivity index (χ2v) is 10.9. The van der Waals surface area contributed by atoms with Crippen LogP contribution >= 0.6 is 11.6 Å². The molecular weight excluding hydrogens is 464 g/mol. The van der Waals surface area contributed by atoms with E-state index in [1.165, 1.54) is 0 Å². The van der Waals surface area contributed by atoms with Gasteiger partial charge in [-0.25, -0.2) is 4.98 Å². The molecule has 0 unspecified atom stereocenters. The molecule has 0 aliphatic carbocycles. The number of aliphatic carboxylic acids is 1. The molecule has 3 heterocycles. The third-order valence-electron chi connectivity index (χ3n) is 6.62. The van der Waals surface area contributed by atoms with E-state index in [-0.39, 0.29) is 12.3 Å². The van der Waals surface area contributed by atoms with Crippen molar-refractivity contribution in [2.45, 2.75) is 71.8 Å². The zero-order chi connectivity index (χ0) is 25.7. The van der Waals surface area contributed by atoms with Crippen LogP contribution in [0.5, 0.6) is 0 Å². The highest BCUT2D eigenvalue weighted by Gasteiger charge is 2.51. The monoisotopic (exact) mass is 496 g/mol. The Kier molecular flexibility index (Phi) is 6.45. The Bertz CT molecular complexity index is 1260. The van der Waals surface area contributed by atoms with Gasteiger partial charge >= 0.3 is 5.97 Å². The molecule has 1 aromatic carbocycles. The zero-order valence-corrected chi connectivity index (χ0v) is 22.1. The highest BCUT2D eigenvalue weighted by atomic mass is 35.5. The largest absolute Gasteiger partial charge is 0.481 e. The fourth-order valence-electron chi connectivity index (χ4n) is 5.11. The number of carboxylic acids is 1. The Hall–Kier alpha value is -2.90. The van der Waals surface area contributed by atoms with Crippen molar-refractivity contribution >= 4 is 23.4 Å². The summed E-state index contributed by atoms with van der Waals surface area (Å²) in [7, 11) is 1.90. The third kappa shape index (κ3) is 4.80. The average molecular weight is 497 g/mol. The van der Waals surface area contributed by atoms with Crippen LogP contribution < -0.4 is 4.90 Å². The highest BCUT2D eigenvalue weighted by Crippen LogP contribution is 2.53. The summed E-state index contributed by atoms with van der Waals surface area (Å²) in [4.78, 5) is 19.1. The van der Waals surface area contributed by atoms with E-state index in [4.69, 9.17) is 21.3 Å². The van der Waals surface area contributed by atoms with Gasteiger partial charge in [-0.3, -0.25) is 9.48 Å². The first kappa shape index (κ1) is 25.2. The maximum Gasteiger partial charge on any atom is 0.307 e. The fraction of sp³-hybridized carbons (Fsp3) is 0.444. The van der Waals surface area contributed by atoms with E-state index in [9.17, 15) is 9.90 Å². The van der Waals surface area contributed by atoms with Gasteiger partial charge in [0.2, 0.25) is 0 Å². The van der Waals surface area contributed by atoms with Crippen molar-refractivity contribution in [2.24, 2.45) is 7.05 Å². The molecule has 35 heavy (non-hydrogen) atoms. The van der Waals surface area contributed by atoms with Crippen LogP contribution in [0.2, 0.25) is 5.02 Å². The molecule has 7 nitrogen and oxygen atoms in total. The van der Waals surface area contributed by atoms with Crippen LogP contribution in [-0.4, -0.2) is 37.2 Å². The normalized spacial score (nSPS) is 19.8. The summed E-state index contributed by atoms with van der Waals surface area (Å²) >= 11 is 6.19. The van der Waals surface area contributed by atoms with Gasteiger partial charge in [0.1, 0.15) is 11.5 Å². The summed E-state index contributed by atoms with van der Waals surface area (Å²) in [5.41, 5.74) is 4.11. The van der Waals surface area contributed by atoms with Crippen molar-refractivity contribution in [1.82, 2.24) is 14.8 Å². The first-order valence-electron chi connectivity index (χ1n) is 11.8. The van der Waals surface area contributed by atoms with Crippen molar-refractivity contribution in [3.8, 4) is 11.1 Å². The second kappa shape index (κ2) is 8.95. The number of carbonyl (C=O) groups is 1. The van der Waals surface area contributed by atoms with E-state index < -0.39 is 17.3 Å². The van der Waals surface area contributed by atoms with Gasteiger partial charge in [0.15, 0.2) is 0 Å². The molecule has 8 heteroatoms. The summed E-state index contributed by atoms with van der Waals surface area (Å²) in [5, 5.41) is 14.7. The third-order valence-corrected chi connectivity index (χ3v) is 6.88. The predicted molar refractivity (Wildman–Crippen MR) is 138 cm³/mol. The minimum Gasteiger partial charge on any atom is -0.481 e. The van der Waals surface area contributed by atoms with Gasteiger partial charge in [0, 0.05) is 41.0 Å². The molecule has 0 amide bonds. The van der Waals surface area contributed by atoms with Crippen molar-refractivity contribution in [2.75, 3.05) is 4.90 Å². The first-order valence-corrected chi connectivity index (χ1v) is 12.1. The lowest BCUT2D eigenvalue weighted by atomic mass is 9.85. The number of ether oxygens (including phenoxy) is 1. The smallest absolute Gasteiger partial charge is 0.307 e. The number of nitrogens with zero attached hydrogens (tertiary/aromatic N) is 4. The average Bonchev–Trinajstić information content (AvgIpc) is 3.23. The molecule has 1 aliphatic rings. The Morgan fingerprint density at radius 2 is 1.91 bits per heavy atom. The summed E-state index contributed by atoms with van der Waals surface area (Å²) in [5.74, 6) is -0.180. The number of anilines is 1. The number of aryl methyl sites for hydroxylation is 2. The topological polar surface area (TPSA) is 80.5 Å². The molecule has 0 saturated heterocycles. The standard InChI is InChI=1S/C27H33ClN4O3/c1-16-23-24(19-8-10-20(28)11-9-19)21(12-22(33)34)17(2)30-25(23)32(15-18-13-29-31(7)14-18)27(16,6)35-26(3,4)5/h8-11,13-14,16H,12,15H2,1-7H3,(H,33,34)/t16-,27-/m0/s1. The van der Waals surface area contributed by atoms with Crippen LogP contribution in [-0.2, 0) is 29.5 Å². The lowest BCUT2D eigenvalue weighted by molar-refractivity contribution is -0.136. The molecule has 0 saturated carbocycles. The van der Waals surface area contributed by atoms with Crippen molar-refractivity contribution < 1.29 is 14.6 Å². The fourth-order valence-corrected chi connectivity index (χ4v) is 5.24. The maximum atomic E-state index is 11.9. The van der Waals surface area contributed by atoms with Crippen LogP contribution in [0.15, 0.2) is 36.7 Å². The van der Waals surface area contributed by atoms with E-state index in [1.807, 2.05) is 71.4 Å². The predicted octanol–water partition coefficient (Wildman–Crippen LogP) is 5.73. The number of benzene rings is 1. The van der Waals surface area contributed by atoms with Gasteiger partial charge in [0.25, 0.3) is 0 Å². The van der Waals surface area contributed by atoms with Crippen molar-refractivity contribution in [1.29, 1.82) is 0 Å². The minimum absolute atomic E-state index is 0.0975. The maximum absolute atomic E-state index is 11.9. The number of fused-ring (bicyclic) bond motifs is 1. The lowest BCUT2D eigenvalue weighted by Crippen LogP contribution is -2.51. The molecule has 186 valence electrons. The van der Waals surface area contributed by atoms with Gasteiger partial charge in [-0.2, -0.15) is 5.10 Å². The van der Waals surface area contributed by atoms with Crippen LogP contribution in [0.3, 0.4) is 0 Å². The zero-order valence-electron chi connectivity index (χ0n) is 21.4. The highest BCUT2D eigenvalue weighted by molar-refractivity contribution is 6.30. The van der Waals surface area contributed by atoms with Crippen LogP contribution in [0.25, 0.3) is 11.1 Å². The Balaban J connectivity index is 2.00. The van der Waals surface area contributed by atoms with Gasteiger partial charge in [-0.15, -0.1) is 0 Å². The molecule has 0 bridgehead atoms. The summed E-state index contributed by atoms with van der Waals surface area (Å²) < 4.78 is 8.55. The number of rotatable bonds is 6. The molecule has 4 rings (SSSR count). The lowest BCUT2D eigenvalue weighted by Gasteiger charge is -2.43. The summed E-state index contributed by atoms with van der Waals surface area (Å²) in [6, 6.07) is 7.56. The van der Waals surface area contributed by atoms with Gasteiger partial charge in [-0.1, -0.05) is 30.7 Å². The van der Waals surface area contributed by atoms with Crippen molar-refractivity contribution in [3.05, 3.63) is 64.1 Å². The van der Waals surface area contributed by atoms with E-state index in [0.717, 1.165) is 28.1 Å². The summed E-state index contributed by atoms with van der Waals surface area (Å²) in [6.07, 6.45) is 3.73. The Morgan fingerprint density at radius 3 is 2.46 bits per heavy atom. The molecule has 3 aromatic rings. The van der Waals surface area contributed by atoms with Crippen LogP contribution in [0.4, 0.5) is 5.82 Å². The quantitative estimate of drug-likeness (QED) is 0.469. The molecule has 0 fully saturated rings. The minimum atomic E-state index is -0.892.